The van der Waals surface area contributed by atoms with Crippen LogP contribution in [-0.2, 0) is 9.59 Å². The number of nitrogens with zero attached hydrogens (tertiary/aromatic N) is 3. The molecule has 1 amide bonds. The fraction of sp³-hybridized carbons (Fsp3) is 0.0385. The number of carbonyl (C=O) groups is 2. The van der Waals surface area contributed by atoms with Gasteiger partial charge in [-0.3, -0.25) is 24.6 Å². The molecule has 10 heteroatoms. The number of rotatable bonds is 4. The van der Waals surface area contributed by atoms with E-state index in [1.807, 2.05) is 6.07 Å². The number of carbonyl (C=O) groups excluding carboxylic acids is 2. The second-order valence-corrected chi connectivity index (χ2v) is 8.08. The van der Waals surface area contributed by atoms with Crippen LogP contribution in [0.3, 0.4) is 0 Å². The van der Waals surface area contributed by atoms with E-state index in [1.54, 1.807) is 24.3 Å². The molecule has 1 saturated heterocycles. The van der Waals surface area contributed by atoms with Crippen LogP contribution in [-0.4, -0.2) is 31.8 Å². The summed E-state index contributed by atoms with van der Waals surface area (Å²) in [5.74, 6) is -2.98. The Morgan fingerprint density at radius 2 is 1.81 bits per heavy atom. The molecule has 176 valence electrons. The summed E-state index contributed by atoms with van der Waals surface area (Å²) in [6, 6.07) is 17.2. The number of benzene rings is 3. The highest BCUT2D eigenvalue weighted by atomic mass is 16.6. The molecular weight excluding hydrogens is 464 g/mol. The second-order valence-electron chi connectivity index (χ2n) is 8.08. The fourth-order valence-corrected chi connectivity index (χ4v) is 4.38. The quantitative estimate of drug-likeness (QED) is 0.129. The number of aromatic amines is 1. The van der Waals surface area contributed by atoms with Gasteiger partial charge >= 0.3 is 5.69 Å². The van der Waals surface area contributed by atoms with Crippen LogP contribution in [0.2, 0.25) is 0 Å². The van der Waals surface area contributed by atoms with Crippen molar-refractivity contribution in [3.63, 3.8) is 0 Å². The van der Waals surface area contributed by atoms with Crippen molar-refractivity contribution >= 4 is 39.7 Å². The molecule has 4 aromatic rings. The maximum atomic E-state index is 13.3. The van der Waals surface area contributed by atoms with Crippen molar-refractivity contribution in [1.29, 1.82) is 5.26 Å². The number of nitro benzene ring substituents is 1. The Morgan fingerprint density at radius 1 is 1.08 bits per heavy atom. The summed E-state index contributed by atoms with van der Waals surface area (Å²) in [6.07, 6.45) is 1.51. The number of Topliss-reactive ketones (excluding diaryl/α,β-unsaturated/α-hetero) is 1. The van der Waals surface area contributed by atoms with Crippen LogP contribution in [0.25, 0.3) is 16.7 Å². The number of aliphatic hydroxyl groups excluding tert-OH is 1. The standard InChI is InChI=1S/C26H16N4O6/c27-12-14-5-8-16(9-6-14)29-23(15-7-10-21(31)20(11-15)30(35)36)22(25(33)26(29)34)24(32)18-13-28-19-4-2-1-3-17(18)19/h1-11,13,23,28,31-32H/b24-22-. The molecule has 1 aromatic heterocycles. The number of nitriles is 1. The molecule has 0 spiro atoms. The van der Waals surface area contributed by atoms with E-state index < -0.39 is 39.9 Å². The van der Waals surface area contributed by atoms with E-state index in [2.05, 4.69) is 4.98 Å². The topological polar surface area (TPSA) is 161 Å². The number of anilines is 1. The highest BCUT2D eigenvalue weighted by Gasteiger charge is 2.47. The molecule has 10 nitrogen and oxygen atoms in total. The van der Waals surface area contributed by atoms with Gasteiger partial charge in [-0.1, -0.05) is 24.3 Å². The van der Waals surface area contributed by atoms with Crippen molar-refractivity contribution in [2.45, 2.75) is 6.04 Å². The molecule has 1 fully saturated rings. The molecule has 1 aliphatic heterocycles. The van der Waals surface area contributed by atoms with Crippen molar-refractivity contribution < 1.29 is 24.7 Å². The SMILES string of the molecule is N#Cc1ccc(N2C(=O)C(=O)/C(=C(\O)c3c[nH]c4ccccc34)C2c2ccc(O)c([N+](=O)[O-])c2)cc1. The van der Waals surface area contributed by atoms with Crippen molar-refractivity contribution in [3.05, 3.63) is 105 Å². The number of fused-ring (bicyclic) bond motifs is 1. The first-order valence-electron chi connectivity index (χ1n) is 10.7. The first-order valence-corrected chi connectivity index (χ1v) is 10.7. The Morgan fingerprint density at radius 3 is 2.50 bits per heavy atom. The zero-order chi connectivity index (χ0) is 25.6. The average Bonchev–Trinajstić information content (AvgIpc) is 3.43. The third-order valence-corrected chi connectivity index (χ3v) is 6.08. The van der Waals surface area contributed by atoms with Gasteiger partial charge in [0.05, 0.1) is 28.2 Å². The first kappa shape index (κ1) is 22.4. The van der Waals surface area contributed by atoms with E-state index in [9.17, 15) is 29.9 Å². The van der Waals surface area contributed by atoms with E-state index in [-0.39, 0.29) is 22.4 Å². The maximum Gasteiger partial charge on any atom is 0.311 e. The van der Waals surface area contributed by atoms with Crippen molar-refractivity contribution in [3.8, 4) is 11.8 Å². The minimum Gasteiger partial charge on any atom is -0.507 e. The van der Waals surface area contributed by atoms with Gasteiger partial charge in [-0.05, 0) is 42.0 Å². The minimum absolute atomic E-state index is 0.129. The molecule has 0 bridgehead atoms. The summed E-state index contributed by atoms with van der Waals surface area (Å²) in [4.78, 5) is 41.4. The highest BCUT2D eigenvalue weighted by Crippen LogP contribution is 2.44. The van der Waals surface area contributed by atoms with Gasteiger partial charge in [-0.15, -0.1) is 0 Å². The second kappa shape index (κ2) is 8.41. The van der Waals surface area contributed by atoms with Crippen LogP contribution < -0.4 is 4.90 Å². The smallest absolute Gasteiger partial charge is 0.311 e. The molecule has 1 aliphatic rings. The number of phenols is 1. The van der Waals surface area contributed by atoms with Crippen LogP contribution >= 0.6 is 0 Å². The number of amides is 1. The molecule has 0 aliphatic carbocycles. The number of ketones is 1. The first-order chi connectivity index (χ1) is 17.3. The number of para-hydroxylation sites is 1. The number of phenolic OH excluding ortho intramolecular Hbond substituents is 1. The lowest BCUT2D eigenvalue weighted by molar-refractivity contribution is -0.385. The van der Waals surface area contributed by atoms with Gasteiger partial charge in [0.2, 0.25) is 0 Å². The summed E-state index contributed by atoms with van der Waals surface area (Å²) in [6.45, 7) is 0. The molecule has 36 heavy (non-hydrogen) atoms. The summed E-state index contributed by atoms with van der Waals surface area (Å²) in [5.41, 5.74) is 0.781. The Balaban J connectivity index is 1.78. The van der Waals surface area contributed by atoms with Crippen molar-refractivity contribution in [2.24, 2.45) is 0 Å². The van der Waals surface area contributed by atoms with Crippen molar-refractivity contribution in [1.82, 2.24) is 4.98 Å². The molecule has 3 N–H and O–H groups in total. The Labute approximate surface area is 203 Å². The van der Waals surface area contributed by atoms with Crippen LogP contribution in [0.5, 0.6) is 5.75 Å². The van der Waals surface area contributed by atoms with E-state index in [0.717, 1.165) is 17.0 Å². The normalized spacial score (nSPS) is 16.9. The van der Waals surface area contributed by atoms with Gasteiger partial charge in [0.15, 0.2) is 5.75 Å². The van der Waals surface area contributed by atoms with E-state index in [0.29, 0.717) is 16.5 Å². The molecule has 0 radical (unpaired) electrons. The van der Waals surface area contributed by atoms with Crippen LogP contribution in [0.4, 0.5) is 11.4 Å². The summed E-state index contributed by atoms with van der Waals surface area (Å²) >= 11 is 0. The van der Waals surface area contributed by atoms with Gasteiger partial charge in [0.1, 0.15) is 5.76 Å². The zero-order valence-corrected chi connectivity index (χ0v) is 18.4. The predicted octanol–water partition coefficient (Wildman–Crippen LogP) is 4.28. The number of hydrogen-bond acceptors (Lipinski definition) is 7. The Hall–Kier alpha value is -5.43. The van der Waals surface area contributed by atoms with Crippen LogP contribution in [0.15, 0.2) is 78.5 Å². The maximum absolute atomic E-state index is 13.3. The molecule has 3 aromatic carbocycles. The molecular formula is C26H16N4O6. The van der Waals surface area contributed by atoms with E-state index in [1.165, 1.54) is 36.5 Å². The number of H-pyrrole nitrogens is 1. The number of hydrogen-bond donors (Lipinski definition) is 3. The van der Waals surface area contributed by atoms with Gasteiger partial charge in [-0.2, -0.15) is 5.26 Å². The number of nitrogens with one attached hydrogen (secondary N) is 1. The van der Waals surface area contributed by atoms with Crippen LogP contribution in [0, 0.1) is 21.4 Å². The lowest BCUT2D eigenvalue weighted by atomic mass is 9.94. The monoisotopic (exact) mass is 480 g/mol. The van der Waals surface area contributed by atoms with E-state index in [4.69, 9.17) is 5.26 Å². The van der Waals surface area contributed by atoms with Crippen LogP contribution in [0.1, 0.15) is 22.7 Å². The Bertz CT molecular complexity index is 1650. The Kier molecular flexibility index (Phi) is 5.23. The number of nitro groups is 1. The molecule has 0 saturated carbocycles. The largest absolute Gasteiger partial charge is 0.507 e. The third-order valence-electron chi connectivity index (χ3n) is 6.08. The highest BCUT2D eigenvalue weighted by molar-refractivity contribution is 6.51. The lowest BCUT2D eigenvalue weighted by Crippen LogP contribution is -2.29. The molecule has 5 rings (SSSR count). The summed E-state index contributed by atoms with van der Waals surface area (Å²) < 4.78 is 0. The molecule has 1 atom stereocenters. The lowest BCUT2D eigenvalue weighted by Gasteiger charge is -2.25. The summed E-state index contributed by atoms with van der Waals surface area (Å²) in [7, 11) is 0. The summed E-state index contributed by atoms with van der Waals surface area (Å²) in [5, 5.41) is 42.5. The predicted molar refractivity (Wildman–Crippen MR) is 129 cm³/mol. The third kappa shape index (κ3) is 3.43. The zero-order valence-electron chi connectivity index (χ0n) is 18.4. The van der Waals surface area contributed by atoms with Gasteiger partial charge in [0, 0.05) is 34.4 Å². The van der Waals surface area contributed by atoms with Crippen molar-refractivity contribution in [2.75, 3.05) is 4.90 Å². The average molecular weight is 480 g/mol. The van der Waals surface area contributed by atoms with Gasteiger partial charge < -0.3 is 15.2 Å². The number of aliphatic hydroxyl groups is 1. The molecule has 1 unspecified atom stereocenters. The minimum atomic E-state index is -1.24. The molecule has 2 heterocycles. The van der Waals surface area contributed by atoms with Gasteiger partial charge in [-0.25, -0.2) is 0 Å². The number of aromatic hydroxyl groups is 1. The fourth-order valence-electron chi connectivity index (χ4n) is 4.38. The van der Waals surface area contributed by atoms with E-state index >= 15 is 0 Å². The number of aromatic nitrogens is 1. The van der Waals surface area contributed by atoms with Gasteiger partial charge in [0.25, 0.3) is 11.7 Å².